The van der Waals surface area contributed by atoms with Crippen LogP contribution in [0.2, 0.25) is 0 Å². The predicted molar refractivity (Wildman–Crippen MR) is 68.3 cm³/mol. The largest absolute Gasteiger partial charge is 0.381 e. The molecule has 2 heterocycles. The Bertz CT molecular complexity index is 283. The molecule has 98 valence electrons. The van der Waals surface area contributed by atoms with Gasteiger partial charge in [-0.1, -0.05) is 15.9 Å². The van der Waals surface area contributed by atoms with Crippen LogP contribution in [0.5, 0.6) is 0 Å². The first kappa shape index (κ1) is 13.3. The SMILES string of the molecule is CC1(C(=O)NC2(CBr)CCOCC2)CCCO1. The van der Waals surface area contributed by atoms with E-state index in [2.05, 4.69) is 21.2 Å². The van der Waals surface area contributed by atoms with Crippen LogP contribution in [-0.2, 0) is 14.3 Å². The summed E-state index contributed by atoms with van der Waals surface area (Å²) in [4.78, 5) is 12.3. The van der Waals surface area contributed by atoms with Gasteiger partial charge >= 0.3 is 0 Å². The molecule has 2 aliphatic heterocycles. The van der Waals surface area contributed by atoms with Crippen molar-refractivity contribution in [2.45, 2.75) is 43.7 Å². The van der Waals surface area contributed by atoms with Gasteiger partial charge in [-0.05, 0) is 32.6 Å². The molecule has 2 rings (SSSR count). The maximum Gasteiger partial charge on any atom is 0.252 e. The second-order valence-electron chi connectivity index (χ2n) is 5.16. The maximum absolute atomic E-state index is 12.3. The second-order valence-corrected chi connectivity index (χ2v) is 5.72. The zero-order valence-corrected chi connectivity index (χ0v) is 11.8. The zero-order chi connectivity index (χ0) is 12.4. The number of alkyl halides is 1. The van der Waals surface area contributed by atoms with Crippen LogP contribution in [0.3, 0.4) is 0 Å². The Labute approximate surface area is 111 Å². The highest BCUT2D eigenvalue weighted by Gasteiger charge is 2.42. The third-order valence-corrected chi connectivity index (χ3v) is 4.86. The van der Waals surface area contributed by atoms with Crippen LogP contribution in [0, 0.1) is 0 Å². The number of hydrogen-bond donors (Lipinski definition) is 1. The predicted octanol–water partition coefficient (Wildman–Crippen LogP) is 1.62. The van der Waals surface area contributed by atoms with E-state index in [1.54, 1.807) is 0 Å². The summed E-state index contributed by atoms with van der Waals surface area (Å²) in [5.41, 5.74) is -0.794. The van der Waals surface area contributed by atoms with Crippen LogP contribution in [0.4, 0.5) is 0 Å². The minimum atomic E-state index is -0.631. The van der Waals surface area contributed by atoms with Gasteiger partial charge in [0, 0.05) is 25.2 Å². The summed E-state index contributed by atoms with van der Waals surface area (Å²) in [7, 11) is 0. The number of hydrogen-bond acceptors (Lipinski definition) is 3. The van der Waals surface area contributed by atoms with E-state index in [0.29, 0.717) is 19.8 Å². The molecule has 2 aliphatic rings. The van der Waals surface area contributed by atoms with Gasteiger partial charge in [0.25, 0.3) is 5.91 Å². The van der Waals surface area contributed by atoms with Crippen LogP contribution < -0.4 is 5.32 Å². The molecule has 0 radical (unpaired) electrons. The van der Waals surface area contributed by atoms with Gasteiger partial charge in [-0.15, -0.1) is 0 Å². The quantitative estimate of drug-likeness (QED) is 0.806. The van der Waals surface area contributed by atoms with Crippen molar-refractivity contribution in [2.24, 2.45) is 0 Å². The van der Waals surface area contributed by atoms with Gasteiger partial charge in [0.2, 0.25) is 0 Å². The van der Waals surface area contributed by atoms with E-state index in [4.69, 9.17) is 9.47 Å². The molecule has 0 aromatic carbocycles. The molecule has 0 aromatic heterocycles. The van der Waals surface area contributed by atoms with Gasteiger partial charge in [-0.2, -0.15) is 0 Å². The molecule has 1 N–H and O–H groups in total. The van der Waals surface area contributed by atoms with Crippen molar-refractivity contribution in [3.63, 3.8) is 0 Å². The number of nitrogens with one attached hydrogen (secondary N) is 1. The first-order valence-electron chi connectivity index (χ1n) is 6.21. The summed E-state index contributed by atoms with van der Waals surface area (Å²) in [6.07, 6.45) is 3.50. The van der Waals surface area contributed by atoms with Crippen LogP contribution in [0.25, 0.3) is 0 Å². The van der Waals surface area contributed by atoms with E-state index in [1.165, 1.54) is 0 Å². The van der Waals surface area contributed by atoms with Gasteiger partial charge < -0.3 is 14.8 Å². The Morgan fingerprint density at radius 2 is 2.00 bits per heavy atom. The maximum atomic E-state index is 12.3. The average Bonchev–Trinajstić information content (AvgIpc) is 2.79. The summed E-state index contributed by atoms with van der Waals surface area (Å²) in [6, 6.07) is 0. The topological polar surface area (TPSA) is 47.6 Å². The molecule has 5 heteroatoms. The normalized spacial score (nSPS) is 32.4. The Morgan fingerprint density at radius 1 is 1.29 bits per heavy atom. The number of rotatable bonds is 3. The second kappa shape index (κ2) is 5.24. The molecule has 17 heavy (non-hydrogen) atoms. The number of halogens is 1. The van der Waals surface area contributed by atoms with Gasteiger partial charge in [-0.3, -0.25) is 4.79 Å². The Balaban J connectivity index is 2.00. The third-order valence-electron chi connectivity index (χ3n) is 3.78. The van der Waals surface area contributed by atoms with Crippen LogP contribution in [0.15, 0.2) is 0 Å². The van der Waals surface area contributed by atoms with Crippen LogP contribution in [-0.4, -0.2) is 42.2 Å². The molecular formula is C12H20BrNO3. The van der Waals surface area contributed by atoms with Gasteiger partial charge in [0.15, 0.2) is 0 Å². The van der Waals surface area contributed by atoms with E-state index in [9.17, 15) is 4.79 Å². The molecule has 1 unspecified atom stereocenters. The minimum absolute atomic E-state index is 0.0244. The van der Waals surface area contributed by atoms with Crippen molar-refractivity contribution in [3.05, 3.63) is 0 Å². The number of ether oxygens (including phenoxy) is 2. The van der Waals surface area contributed by atoms with Crippen molar-refractivity contribution in [3.8, 4) is 0 Å². The van der Waals surface area contributed by atoms with Crippen LogP contribution in [0.1, 0.15) is 32.6 Å². The lowest BCUT2D eigenvalue weighted by Gasteiger charge is -2.38. The summed E-state index contributed by atoms with van der Waals surface area (Å²) in [6.45, 7) is 4.00. The molecule has 2 saturated heterocycles. The van der Waals surface area contributed by atoms with Crippen molar-refractivity contribution >= 4 is 21.8 Å². The van der Waals surface area contributed by atoms with E-state index in [1.807, 2.05) is 6.92 Å². The molecule has 0 saturated carbocycles. The summed E-state index contributed by atoms with van der Waals surface area (Å²) in [5, 5.41) is 3.94. The molecule has 4 nitrogen and oxygen atoms in total. The molecule has 0 aromatic rings. The Kier molecular flexibility index (Phi) is 4.10. The molecule has 0 spiro atoms. The lowest BCUT2D eigenvalue weighted by molar-refractivity contribution is -0.142. The van der Waals surface area contributed by atoms with Gasteiger partial charge in [-0.25, -0.2) is 0 Å². The third kappa shape index (κ3) is 2.83. The van der Waals surface area contributed by atoms with Crippen molar-refractivity contribution < 1.29 is 14.3 Å². The fraction of sp³-hybridized carbons (Fsp3) is 0.917. The minimum Gasteiger partial charge on any atom is -0.381 e. The van der Waals surface area contributed by atoms with E-state index in [0.717, 1.165) is 31.0 Å². The van der Waals surface area contributed by atoms with Crippen molar-refractivity contribution in [1.29, 1.82) is 0 Å². The number of carbonyl (C=O) groups excluding carboxylic acids is 1. The van der Waals surface area contributed by atoms with Crippen molar-refractivity contribution in [1.82, 2.24) is 5.32 Å². The monoisotopic (exact) mass is 305 g/mol. The summed E-state index contributed by atoms with van der Waals surface area (Å²) >= 11 is 3.51. The van der Waals surface area contributed by atoms with E-state index < -0.39 is 5.60 Å². The van der Waals surface area contributed by atoms with Crippen molar-refractivity contribution in [2.75, 3.05) is 25.2 Å². The molecule has 2 fully saturated rings. The first-order valence-corrected chi connectivity index (χ1v) is 7.33. The molecule has 0 aliphatic carbocycles. The highest BCUT2D eigenvalue weighted by molar-refractivity contribution is 9.09. The Hall–Kier alpha value is -0.130. The number of carbonyl (C=O) groups is 1. The fourth-order valence-corrected chi connectivity index (χ4v) is 3.09. The van der Waals surface area contributed by atoms with E-state index in [-0.39, 0.29) is 11.4 Å². The Morgan fingerprint density at radius 3 is 2.53 bits per heavy atom. The van der Waals surface area contributed by atoms with Gasteiger partial charge in [0.1, 0.15) is 5.60 Å². The zero-order valence-electron chi connectivity index (χ0n) is 10.3. The lowest BCUT2D eigenvalue weighted by atomic mass is 9.90. The highest BCUT2D eigenvalue weighted by atomic mass is 79.9. The molecule has 0 bridgehead atoms. The standard InChI is InChI=1S/C12H20BrNO3/c1-11(3-2-6-17-11)10(15)14-12(9-13)4-7-16-8-5-12/h2-9H2,1H3,(H,14,15). The molecule has 1 amide bonds. The lowest BCUT2D eigenvalue weighted by Crippen LogP contribution is -2.58. The van der Waals surface area contributed by atoms with Gasteiger partial charge in [0.05, 0.1) is 5.54 Å². The summed E-state index contributed by atoms with van der Waals surface area (Å²) in [5.74, 6) is 0.0244. The molecular weight excluding hydrogens is 286 g/mol. The highest BCUT2D eigenvalue weighted by Crippen LogP contribution is 2.29. The summed E-state index contributed by atoms with van der Waals surface area (Å²) < 4.78 is 10.9. The fourth-order valence-electron chi connectivity index (χ4n) is 2.39. The first-order chi connectivity index (χ1) is 8.10. The molecule has 1 atom stereocenters. The van der Waals surface area contributed by atoms with Crippen LogP contribution >= 0.6 is 15.9 Å². The smallest absolute Gasteiger partial charge is 0.252 e. The number of amides is 1. The average molecular weight is 306 g/mol. The van der Waals surface area contributed by atoms with E-state index >= 15 is 0 Å².